The molecule has 0 aliphatic rings. The van der Waals surface area contributed by atoms with Crippen LogP contribution in [0.1, 0.15) is 30.1 Å². The number of amides is 1. The number of rotatable bonds is 4. The Morgan fingerprint density at radius 2 is 2.38 bits per heavy atom. The number of phenols is 1. The Balaban J connectivity index is 2.66. The fourth-order valence-electron chi connectivity index (χ4n) is 1.05. The molecule has 86 valence electrons. The summed E-state index contributed by atoms with van der Waals surface area (Å²) in [5.41, 5.74) is 2.47. The van der Waals surface area contributed by atoms with Gasteiger partial charge < -0.3 is 5.11 Å². The fraction of sp³-hybridized carbons (Fsp3) is 0.273. The molecule has 0 spiro atoms. The quantitative estimate of drug-likeness (QED) is 0.628. The zero-order valence-corrected chi connectivity index (χ0v) is 9.66. The first-order valence-corrected chi connectivity index (χ1v) is 5.33. The third kappa shape index (κ3) is 3.55. The van der Waals surface area contributed by atoms with E-state index in [-0.39, 0.29) is 11.3 Å². The van der Waals surface area contributed by atoms with Gasteiger partial charge in [0.05, 0.1) is 5.56 Å². The molecule has 4 nitrogen and oxygen atoms in total. The predicted molar refractivity (Wildman–Crippen MR) is 64.0 cm³/mol. The van der Waals surface area contributed by atoms with Crippen LogP contribution in [0, 0.1) is 0 Å². The molecule has 0 unspecified atom stereocenters. The molecule has 1 amide bonds. The summed E-state index contributed by atoms with van der Waals surface area (Å²) in [6.07, 6.45) is 3.38. The van der Waals surface area contributed by atoms with Gasteiger partial charge in [-0.15, -0.1) is 0 Å². The van der Waals surface area contributed by atoms with Gasteiger partial charge in [0.25, 0.3) is 5.91 Å². The van der Waals surface area contributed by atoms with Crippen molar-refractivity contribution < 1.29 is 9.90 Å². The summed E-state index contributed by atoms with van der Waals surface area (Å²) in [6.45, 7) is 2.01. The minimum atomic E-state index is -0.457. The number of hydrogen-bond donors (Lipinski definition) is 2. The number of benzene rings is 1. The molecule has 1 aromatic carbocycles. The van der Waals surface area contributed by atoms with Crippen LogP contribution in [0.3, 0.4) is 0 Å². The topological polar surface area (TPSA) is 61.7 Å². The second-order valence-corrected chi connectivity index (χ2v) is 3.64. The second-order valence-electron chi connectivity index (χ2n) is 3.20. The van der Waals surface area contributed by atoms with Gasteiger partial charge in [-0.1, -0.05) is 24.9 Å². The first kappa shape index (κ1) is 12.5. The standard InChI is InChI=1S/C11H13ClN2O2/c1-2-3-6-13-14-11(16)9-5-4-8(12)7-10(9)15/h4-7,15H,2-3H2,1H3,(H,14,16)/b13-6-. The van der Waals surface area contributed by atoms with E-state index in [0.29, 0.717) is 5.02 Å². The van der Waals surface area contributed by atoms with Gasteiger partial charge in [0.15, 0.2) is 0 Å². The molecule has 1 rings (SSSR count). The maximum atomic E-state index is 11.5. The highest BCUT2D eigenvalue weighted by atomic mass is 35.5. The molecule has 5 heteroatoms. The lowest BCUT2D eigenvalue weighted by Gasteiger charge is -2.02. The molecule has 0 radical (unpaired) electrons. The monoisotopic (exact) mass is 240 g/mol. The molecule has 0 saturated heterocycles. The van der Waals surface area contributed by atoms with E-state index in [1.807, 2.05) is 6.92 Å². The summed E-state index contributed by atoms with van der Waals surface area (Å²) < 4.78 is 0. The lowest BCUT2D eigenvalue weighted by atomic mass is 10.2. The minimum Gasteiger partial charge on any atom is -0.507 e. The van der Waals surface area contributed by atoms with Crippen molar-refractivity contribution in [3.8, 4) is 5.75 Å². The predicted octanol–water partition coefficient (Wildman–Crippen LogP) is 2.56. The number of unbranched alkanes of at least 4 members (excludes halogenated alkanes) is 1. The molecular formula is C11H13ClN2O2. The third-order valence-electron chi connectivity index (χ3n) is 1.88. The third-order valence-corrected chi connectivity index (χ3v) is 2.11. The Kier molecular flexibility index (Phi) is 4.79. The van der Waals surface area contributed by atoms with Crippen LogP contribution in [0.2, 0.25) is 5.02 Å². The van der Waals surface area contributed by atoms with Crippen LogP contribution in [0.4, 0.5) is 0 Å². The van der Waals surface area contributed by atoms with E-state index in [9.17, 15) is 9.90 Å². The lowest BCUT2D eigenvalue weighted by molar-refractivity contribution is 0.0952. The first-order valence-electron chi connectivity index (χ1n) is 4.95. The van der Waals surface area contributed by atoms with Crippen LogP contribution in [-0.4, -0.2) is 17.2 Å². The van der Waals surface area contributed by atoms with E-state index >= 15 is 0 Å². The van der Waals surface area contributed by atoms with Gasteiger partial charge in [0.1, 0.15) is 5.75 Å². The average molecular weight is 241 g/mol. The number of hydrazone groups is 1. The summed E-state index contributed by atoms with van der Waals surface area (Å²) in [7, 11) is 0. The van der Waals surface area contributed by atoms with Crippen molar-refractivity contribution >= 4 is 23.7 Å². The van der Waals surface area contributed by atoms with E-state index in [2.05, 4.69) is 10.5 Å². The number of aromatic hydroxyl groups is 1. The van der Waals surface area contributed by atoms with Gasteiger partial charge in [0, 0.05) is 11.2 Å². The number of halogens is 1. The Hall–Kier alpha value is -1.55. The van der Waals surface area contributed by atoms with Crippen molar-refractivity contribution in [1.82, 2.24) is 5.43 Å². The summed E-state index contributed by atoms with van der Waals surface area (Å²) >= 11 is 5.65. The lowest BCUT2D eigenvalue weighted by Crippen LogP contribution is -2.17. The van der Waals surface area contributed by atoms with E-state index in [0.717, 1.165) is 12.8 Å². The molecule has 0 atom stereocenters. The van der Waals surface area contributed by atoms with Crippen molar-refractivity contribution in [2.75, 3.05) is 0 Å². The Labute approximate surface area is 98.9 Å². The Bertz CT molecular complexity index is 405. The molecule has 16 heavy (non-hydrogen) atoms. The van der Waals surface area contributed by atoms with Gasteiger partial charge in [0.2, 0.25) is 0 Å². The van der Waals surface area contributed by atoms with E-state index in [4.69, 9.17) is 11.6 Å². The van der Waals surface area contributed by atoms with E-state index < -0.39 is 5.91 Å². The number of nitrogens with one attached hydrogen (secondary N) is 1. The molecule has 2 N–H and O–H groups in total. The smallest absolute Gasteiger partial charge is 0.275 e. The number of carbonyl (C=O) groups excluding carboxylic acids is 1. The second kappa shape index (κ2) is 6.12. The van der Waals surface area contributed by atoms with Crippen LogP contribution >= 0.6 is 11.6 Å². The summed E-state index contributed by atoms with van der Waals surface area (Å²) in [5, 5.41) is 13.6. The van der Waals surface area contributed by atoms with Gasteiger partial charge in [-0.3, -0.25) is 4.79 Å². The highest BCUT2D eigenvalue weighted by molar-refractivity contribution is 6.30. The van der Waals surface area contributed by atoms with Crippen molar-refractivity contribution in [2.45, 2.75) is 19.8 Å². The van der Waals surface area contributed by atoms with Gasteiger partial charge in [-0.25, -0.2) is 5.43 Å². The Morgan fingerprint density at radius 3 is 3.00 bits per heavy atom. The molecule has 0 aliphatic carbocycles. The van der Waals surface area contributed by atoms with Crippen LogP contribution in [0.5, 0.6) is 5.75 Å². The van der Waals surface area contributed by atoms with Crippen molar-refractivity contribution in [2.24, 2.45) is 5.10 Å². The molecule has 0 fully saturated rings. The zero-order valence-electron chi connectivity index (χ0n) is 8.90. The maximum absolute atomic E-state index is 11.5. The molecule has 0 aliphatic heterocycles. The minimum absolute atomic E-state index is 0.151. The van der Waals surface area contributed by atoms with Crippen LogP contribution in [0.15, 0.2) is 23.3 Å². The molecular weight excluding hydrogens is 228 g/mol. The molecule has 0 saturated carbocycles. The van der Waals surface area contributed by atoms with Crippen molar-refractivity contribution in [1.29, 1.82) is 0 Å². The highest BCUT2D eigenvalue weighted by Gasteiger charge is 2.09. The van der Waals surface area contributed by atoms with Gasteiger partial charge >= 0.3 is 0 Å². The van der Waals surface area contributed by atoms with E-state index in [1.165, 1.54) is 18.2 Å². The van der Waals surface area contributed by atoms with Crippen LogP contribution < -0.4 is 5.43 Å². The summed E-state index contributed by atoms with van der Waals surface area (Å²) in [4.78, 5) is 11.5. The first-order chi connectivity index (χ1) is 7.65. The van der Waals surface area contributed by atoms with Gasteiger partial charge in [-0.2, -0.15) is 5.10 Å². The molecule has 1 aromatic rings. The normalized spacial score (nSPS) is 10.6. The molecule has 0 aromatic heterocycles. The number of phenolic OH excluding ortho intramolecular Hbond substituents is 1. The van der Waals surface area contributed by atoms with Crippen LogP contribution in [0.25, 0.3) is 0 Å². The van der Waals surface area contributed by atoms with E-state index in [1.54, 1.807) is 6.21 Å². The molecule has 0 bridgehead atoms. The summed E-state index contributed by atoms with van der Waals surface area (Å²) in [5.74, 6) is -0.614. The number of carbonyl (C=O) groups is 1. The zero-order chi connectivity index (χ0) is 12.0. The average Bonchev–Trinajstić information content (AvgIpc) is 2.24. The fourth-order valence-corrected chi connectivity index (χ4v) is 1.22. The highest BCUT2D eigenvalue weighted by Crippen LogP contribution is 2.21. The largest absolute Gasteiger partial charge is 0.507 e. The maximum Gasteiger partial charge on any atom is 0.275 e. The SMILES string of the molecule is CCC/C=N\NC(=O)c1ccc(Cl)cc1O. The summed E-state index contributed by atoms with van der Waals surface area (Å²) in [6, 6.07) is 4.29. The van der Waals surface area contributed by atoms with Crippen molar-refractivity contribution in [3.05, 3.63) is 28.8 Å². The van der Waals surface area contributed by atoms with Crippen LogP contribution in [-0.2, 0) is 0 Å². The Morgan fingerprint density at radius 1 is 1.62 bits per heavy atom. The number of hydrogen-bond acceptors (Lipinski definition) is 3. The van der Waals surface area contributed by atoms with Crippen molar-refractivity contribution in [3.63, 3.8) is 0 Å². The van der Waals surface area contributed by atoms with Gasteiger partial charge in [-0.05, 0) is 24.6 Å². The number of nitrogens with zero attached hydrogens (tertiary/aromatic N) is 1. The molecule has 0 heterocycles.